The standard InChI is InChI=1S/C19H15N.C15H14.C13H13N.C11H11N3.C8H11N.C2H6/c1-14-11-12-19-17(13-14)16-9-5-6-10-18(16)20(19)15-7-3-2-4-8-15;1-15(2)13-9-5-3-7-11(13)12-8-4-6-10-14(12)15;1-14(12-8-4-2-5-9-12)13-10-6-3-7-11-13;1-14(10-6-2-4-8-12-10)11-7-3-5-9-13-11;1-9(2)8-6-4-3-5-7-8;1-2/h2-13H,1H3;3-10H,1-2H3;2-11H,1H3;2-9H,1H3;3-7H,1-2H3;1-2H3. The average Bonchev–Trinajstić information content (AvgIpc) is 3.92. The molecule has 0 aliphatic heterocycles. The molecular weight excluding hydrogens is 901 g/mol. The minimum Gasteiger partial charge on any atom is -0.378 e. The summed E-state index contributed by atoms with van der Waals surface area (Å²) in [5, 5.41) is 2.64. The number of para-hydroxylation sites is 5. The first-order valence-electron chi connectivity index (χ1n) is 25.5. The number of nitrogens with zero attached hydrogens (tertiary/aromatic N) is 6. The maximum absolute atomic E-state index is 4.24. The number of rotatable bonds is 6. The number of aromatic nitrogens is 3. The van der Waals surface area contributed by atoms with Crippen molar-refractivity contribution in [1.29, 1.82) is 0 Å². The fraction of sp³-hybridized carbons (Fsp3) is 0.147. The molecular formula is C68H70N6. The highest BCUT2D eigenvalue weighted by Gasteiger charge is 2.34. The summed E-state index contributed by atoms with van der Waals surface area (Å²) in [5.74, 6) is 1.79. The molecule has 8 aromatic carbocycles. The molecule has 0 amide bonds. The normalized spacial score (nSPS) is 11.1. The summed E-state index contributed by atoms with van der Waals surface area (Å²) in [6.45, 7) is 10.8. The highest BCUT2D eigenvalue weighted by atomic mass is 15.2. The van der Waals surface area contributed by atoms with E-state index < -0.39 is 0 Å². The minimum absolute atomic E-state index is 0.160. The number of hydrogen-bond donors (Lipinski definition) is 0. The van der Waals surface area contributed by atoms with Crippen LogP contribution in [0.25, 0.3) is 38.6 Å². The Morgan fingerprint density at radius 3 is 1.24 bits per heavy atom. The molecule has 0 spiro atoms. The Labute approximate surface area is 440 Å². The summed E-state index contributed by atoms with van der Waals surface area (Å²) in [7, 11) is 8.10. The lowest BCUT2D eigenvalue weighted by molar-refractivity contribution is 0.660. The van der Waals surface area contributed by atoms with E-state index >= 15 is 0 Å². The van der Waals surface area contributed by atoms with Gasteiger partial charge in [0.2, 0.25) is 0 Å². The molecule has 6 nitrogen and oxygen atoms in total. The first-order valence-corrected chi connectivity index (χ1v) is 25.5. The highest BCUT2D eigenvalue weighted by Crippen LogP contribution is 2.48. The van der Waals surface area contributed by atoms with Crippen molar-refractivity contribution in [2.45, 2.75) is 40.0 Å². The van der Waals surface area contributed by atoms with Crippen molar-refractivity contribution in [3.8, 4) is 16.8 Å². The maximum Gasteiger partial charge on any atom is 0.133 e. The highest BCUT2D eigenvalue weighted by molar-refractivity contribution is 6.09. The van der Waals surface area contributed by atoms with Gasteiger partial charge in [0, 0.05) is 79.5 Å². The predicted molar refractivity (Wildman–Crippen MR) is 319 cm³/mol. The van der Waals surface area contributed by atoms with Crippen molar-refractivity contribution < 1.29 is 0 Å². The Morgan fingerprint density at radius 1 is 0.378 bits per heavy atom. The van der Waals surface area contributed by atoms with Crippen LogP contribution in [0, 0.1) is 6.92 Å². The second kappa shape index (κ2) is 26.1. The van der Waals surface area contributed by atoms with Crippen molar-refractivity contribution >= 4 is 50.5 Å². The Morgan fingerprint density at radius 2 is 0.784 bits per heavy atom. The SMILES string of the molecule is CC.CC1(C)c2ccccc2-c2ccccc21.CN(C)c1ccccc1.CN(c1ccccc1)c1ccccc1.CN(c1ccccn1)c1ccccn1.Cc1ccc2c(c1)c1ccccc1n2-c1ccccc1. The monoisotopic (exact) mass is 971 g/mol. The summed E-state index contributed by atoms with van der Waals surface area (Å²) in [6.07, 6.45) is 3.55. The summed E-state index contributed by atoms with van der Waals surface area (Å²) in [6, 6.07) is 85.8. The zero-order valence-corrected chi connectivity index (χ0v) is 44.5. The molecule has 0 fully saturated rings. The Bertz CT molecular complexity index is 3170. The molecule has 0 radical (unpaired) electrons. The van der Waals surface area contributed by atoms with E-state index in [0.29, 0.717) is 0 Å². The number of anilines is 5. The molecule has 0 saturated heterocycles. The molecule has 3 aromatic heterocycles. The van der Waals surface area contributed by atoms with Gasteiger partial charge in [-0.2, -0.15) is 0 Å². The second-order valence-corrected chi connectivity index (χ2v) is 18.3. The van der Waals surface area contributed by atoms with E-state index in [9.17, 15) is 0 Å². The van der Waals surface area contributed by atoms with Crippen LogP contribution in [0.2, 0.25) is 0 Å². The summed E-state index contributed by atoms with van der Waals surface area (Å²) in [5.41, 5.74) is 14.6. The Hall–Kier alpha value is -8.74. The van der Waals surface area contributed by atoms with E-state index in [1.54, 1.807) is 12.4 Å². The van der Waals surface area contributed by atoms with E-state index in [1.807, 2.05) is 107 Å². The van der Waals surface area contributed by atoms with Gasteiger partial charge < -0.3 is 19.3 Å². The van der Waals surface area contributed by atoms with E-state index in [4.69, 9.17) is 0 Å². The van der Waals surface area contributed by atoms with Crippen LogP contribution in [0.1, 0.15) is 44.4 Å². The summed E-state index contributed by atoms with van der Waals surface area (Å²) in [4.78, 5) is 14.7. The van der Waals surface area contributed by atoms with Gasteiger partial charge in [-0.25, -0.2) is 9.97 Å². The third-order valence-corrected chi connectivity index (χ3v) is 12.9. The number of pyridine rings is 2. The minimum atomic E-state index is 0.160. The Kier molecular flexibility index (Phi) is 18.7. The zero-order valence-electron chi connectivity index (χ0n) is 44.5. The van der Waals surface area contributed by atoms with Gasteiger partial charge in [0.15, 0.2) is 0 Å². The molecule has 0 unspecified atom stereocenters. The molecule has 74 heavy (non-hydrogen) atoms. The van der Waals surface area contributed by atoms with Crippen molar-refractivity contribution in [3.63, 3.8) is 0 Å². The molecule has 12 rings (SSSR count). The molecule has 1 aliphatic rings. The van der Waals surface area contributed by atoms with E-state index in [-0.39, 0.29) is 5.41 Å². The van der Waals surface area contributed by atoms with Crippen LogP contribution in [0.3, 0.4) is 0 Å². The number of hydrogen-bond acceptors (Lipinski definition) is 5. The number of benzene rings is 8. The van der Waals surface area contributed by atoms with Crippen LogP contribution in [-0.4, -0.2) is 42.7 Å². The molecule has 0 saturated carbocycles. The second-order valence-electron chi connectivity index (χ2n) is 18.3. The van der Waals surface area contributed by atoms with Crippen molar-refractivity contribution in [1.82, 2.24) is 14.5 Å². The van der Waals surface area contributed by atoms with Gasteiger partial charge in [-0.3, -0.25) is 0 Å². The lowest BCUT2D eigenvalue weighted by Crippen LogP contribution is -2.14. The van der Waals surface area contributed by atoms with Crippen molar-refractivity contribution in [3.05, 3.63) is 278 Å². The maximum atomic E-state index is 4.24. The van der Waals surface area contributed by atoms with E-state index in [2.05, 4.69) is 234 Å². The molecule has 1 aliphatic carbocycles. The van der Waals surface area contributed by atoms with Crippen molar-refractivity contribution in [2.24, 2.45) is 0 Å². The lowest BCUT2D eigenvalue weighted by atomic mass is 9.82. The van der Waals surface area contributed by atoms with Gasteiger partial charge >= 0.3 is 0 Å². The average molecular weight is 971 g/mol. The van der Waals surface area contributed by atoms with Gasteiger partial charge in [-0.1, -0.05) is 191 Å². The smallest absolute Gasteiger partial charge is 0.133 e. The molecule has 372 valence electrons. The van der Waals surface area contributed by atoms with Gasteiger partial charge in [-0.05, 0) is 120 Å². The molecule has 6 heteroatoms. The van der Waals surface area contributed by atoms with Crippen LogP contribution in [0.15, 0.2) is 261 Å². The van der Waals surface area contributed by atoms with E-state index in [1.165, 1.54) is 72.4 Å². The third kappa shape index (κ3) is 13.0. The van der Waals surface area contributed by atoms with Crippen LogP contribution in [0.4, 0.5) is 28.7 Å². The predicted octanol–water partition coefficient (Wildman–Crippen LogP) is 17.6. The van der Waals surface area contributed by atoms with Crippen LogP contribution >= 0.6 is 0 Å². The molecule has 3 heterocycles. The zero-order chi connectivity index (χ0) is 52.3. The summed E-state index contributed by atoms with van der Waals surface area (Å²) < 4.78 is 2.34. The molecule has 0 atom stereocenters. The van der Waals surface area contributed by atoms with Crippen LogP contribution in [0.5, 0.6) is 0 Å². The first kappa shape index (κ1) is 53.1. The quantitative estimate of drug-likeness (QED) is 0.166. The lowest BCUT2D eigenvalue weighted by Gasteiger charge is -2.20. The van der Waals surface area contributed by atoms with Crippen LogP contribution in [-0.2, 0) is 5.41 Å². The van der Waals surface area contributed by atoms with Crippen LogP contribution < -0.4 is 14.7 Å². The first-order chi connectivity index (χ1) is 36.1. The van der Waals surface area contributed by atoms with E-state index in [0.717, 1.165) is 11.6 Å². The molecule has 0 bridgehead atoms. The largest absolute Gasteiger partial charge is 0.378 e. The summed E-state index contributed by atoms with van der Waals surface area (Å²) >= 11 is 0. The van der Waals surface area contributed by atoms with Gasteiger partial charge in [0.1, 0.15) is 11.6 Å². The van der Waals surface area contributed by atoms with Gasteiger partial charge in [0.05, 0.1) is 11.0 Å². The van der Waals surface area contributed by atoms with Gasteiger partial charge in [-0.15, -0.1) is 0 Å². The number of fused-ring (bicyclic) bond motifs is 6. The fourth-order valence-electron chi connectivity index (χ4n) is 9.01. The Balaban J connectivity index is 0.000000137. The fourth-order valence-corrected chi connectivity index (χ4v) is 9.01. The third-order valence-electron chi connectivity index (χ3n) is 12.9. The molecule has 0 N–H and O–H groups in total. The van der Waals surface area contributed by atoms with Gasteiger partial charge in [0.25, 0.3) is 0 Å². The number of aryl methyl sites for hydroxylation is 1. The van der Waals surface area contributed by atoms with Crippen molar-refractivity contribution in [2.75, 3.05) is 42.9 Å². The molecule has 11 aromatic rings. The topological polar surface area (TPSA) is 40.4 Å².